The minimum absolute atomic E-state index is 0.0799. The number of aromatic nitrogens is 1. The summed E-state index contributed by atoms with van der Waals surface area (Å²) in [7, 11) is 0. The van der Waals surface area contributed by atoms with Crippen LogP contribution in [0.5, 0.6) is 0 Å². The molecule has 6 nitrogen and oxygen atoms in total. The number of nitrogens with zero attached hydrogens (tertiary/aromatic N) is 1. The minimum atomic E-state index is -0.805. The number of aliphatic carboxylic acids is 1. The van der Waals surface area contributed by atoms with E-state index in [9.17, 15) is 9.59 Å². The van der Waals surface area contributed by atoms with Crippen LogP contribution >= 0.6 is 0 Å². The third-order valence-corrected chi connectivity index (χ3v) is 3.77. The molecule has 1 saturated carbocycles. The molecule has 1 aromatic rings. The maximum Gasteiger partial charge on any atom is 0.306 e. The van der Waals surface area contributed by atoms with Crippen molar-refractivity contribution >= 4 is 11.9 Å². The molecule has 1 aliphatic rings. The van der Waals surface area contributed by atoms with Crippen LogP contribution in [0.2, 0.25) is 0 Å². The lowest BCUT2D eigenvalue weighted by molar-refractivity contribution is -0.141. The number of rotatable bonds is 4. The summed E-state index contributed by atoms with van der Waals surface area (Å²) in [6.45, 7) is 4.01. The third kappa shape index (κ3) is 2.94. The van der Waals surface area contributed by atoms with Gasteiger partial charge in [-0.05, 0) is 33.1 Å². The summed E-state index contributed by atoms with van der Waals surface area (Å²) in [6, 6.07) is 0. The van der Waals surface area contributed by atoms with E-state index >= 15 is 0 Å². The first kappa shape index (κ1) is 13.6. The lowest BCUT2D eigenvalue weighted by atomic mass is 10.0. The molecule has 6 heteroatoms. The van der Waals surface area contributed by atoms with Crippen molar-refractivity contribution in [3.8, 4) is 0 Å². The highest BCUT2D eigenvalue weighted by molar-refractivity contribution is 5.80. The van der Waals surface area contributed by atoms with Gasteiger partial charge in [0.1, 0.15) is 5.76 Å². The molecule has 1 aromatic heterocycles. The van der Waals surface area contributed by atoms with Gasteiger partial charge in [0.2, 0.25) is 5.91 Å². The molecule has 19 heavy (non-hydrogen) atoms. The average molecular weight is 266 g/mol. The Labute approximate surface area is 111 Å². The van der Waals surface area contributed by atoms with Gasteiger partial charge in [-0.2, -0.15) is 0 Å². The average Bonchev–Trinajstić information content (AvgIpc) is 2.95. The van der Waals surface area contributed by atoms with Crippen molar-refractivity contribution in [3.05, 3.63) is 17.0 Å². The molecule has 2 rings (SSSR count). The highest BCUT2D eigenvalue weighted by Gasteiger charge is 2.33. The van der Waals surface area contributed by atoms with Gasteiger partial charge in [-0.25, -0.2) is 0 Å². The number of carbonyl (C=O) groups excluding carboxylic acids is 1. The molecule has 1 fully saturated rings. The standard InChI is InChI=1S/C13H18N2O4/c1-7-11(8(2)19-15-7)6-14-12(16)9-3-4-10(5-9)13(17)18/h9-10H,3-6H2,1-2H3,(H,14,16)(H,17,18). The first-order chi connectivity index (χ1) is 8.99. The quantitative estimate of drug-likeness (QED) is 0.859. The Bertz CT molecular complexity index is 475. The molecule has 2 unspecified atom stereocenters. The van der Waals surface area contributed by atoms with E-state index in [1.165, 1.54) is 0 Å². The number of carboxylic acid groups (broad SMARTS) is 1. The molecule has 0 radical (unpaired) electrons. The minimum Gasteiger partial charge on any atom is -0.481 e. The molecule has 104 valence electrons. The Kier molecular flexibility index (Phi) is 3.87. The number of hydrogen-bond acceptors (Lipinski definition) is 4. The zero-order valence-corrected chi connectivity index (χ0v) is 11.1. The van der Waals surface area contributed by atoms with Gasteiger partial charge in [-0.3, -0.25) is 9.59 Å². The summed E-state index contributed by atoms with van der Waals surface area (Å²) < 4.78 is 5.02. The maximum atomic E-state index is 12.0. The van der Waals surface area contributed by atoms with Crippen LogP contribution in [0.4, 0.5) is 0 Å². The fraction of sp³-hybridized carbons (Fsp3) is 0.615. The summed E-state index contributed by atoms with van der Waals surface area (Å²) in [5.74, 6) is -0.756. The summed E-state index contributed by atoms with van der Waals surface area (Å²) in [4.78, 5) is 22.8. The van der Waals surface area contributed by atoms with Gasteiger partial charge in [0.15, 0.2) is 0 Å². The van der Waals surface area contributed by atoms with E-state index in [0.29, 0.717) is 31.6 Å². The van der Waals surface area contributed by atoms with Gasteiger partial charge in [0.05, 0.1) is 11.6 Å². The molecule has 0 aliphatic heterocycles. The van der Waals surface area contributed by atoms with E-state index in [0.717, 1.165) is 11.3 Å². The molecular weight excluding hydrogens is 248 g/mol. The van der Waals surface area contributed by atoms with E-state index in [-0.39, 0.29) is 17.7 Å². The number of nitrogens with one attached hydrogen (secondary N) is 1. The predicted molar refractivity (Wildman–Crippen MR) is 66.3 cm³/mol. The molecule has 0 spiro atoms. The van der Waals surface area contributed by atoms with Crippen LogP contribution in [0.3, 0.4) is 0 Å². The Morgan fingerprint density at radius 2 is 2.05 bits per heavy atom. The Hall–Kier alpha value is -1.85. The summed E-state index contributed by atoms with van der Waals surface area (Å²) in [5.41, 5.74) is 1.66. The summed E-state index contributed by atoms with van der Waals surface area (Å²) in [5, 5.41) is 15.6. The number of aryl methyl sites for hydroxylation is 2. The molecule has 0 saturated heterocycles. The summed E-state index contributed by atoms with van der Waals surface area (Å²) in [6.07, 6.45) is 1.66. The van der Waals surface area contributed by atoms with Crippen molar-refractivity contribution in [3.63, 3.8) is 0 Å². The molecular formula is C13H18N2O4. The van der Waals surface area contributed by atoms with Crippen LogP contribution in [0, 0.1) is 25.7 Å². The monoisotopic (exact) mass is 266 g/mol. The molecule has 2 N–H and O–H groups in total. The van der Waals surface area contributed by atoms with E-state index in [4.69, 9.17) is 9.63 Å². The smallest absolute Gasteiger partial charge is 0.306 e. The molecule has 1 aliphatic carbocycles. The van der Waals surface area contributed by atoms with Crippen molar-refractivity contribution in [1.82, 2.24) is 10.5 Å². The first-order valence-corrected chi connectivity index (χ1v) is 6.41. The van der Waals surface area contributed by atoms with E-state index in [1.807, 2.05) is 6.92 Å². The summed E-state index contributed by atoms with van der Waals surface area (Å²) >= 11 is 0. The predicted octanol–water partition coefficient (Wildman–Crippen LogP) is 1.41. The lowest BCUT2D eigenvalue weighted by Crippen LogP contribution is -2.29. The molecule has 1 amide bonds. The van der Waals surface area contributed by atoms with Crippen LogP contribution in [-0.2, 0) is 16.1 Å². The zero-order chi connectivity index (χ0) is 14.0. The highest BCUT2D eigenvalue weighted by Crippen LogP contribution is 2.31. The van der Waals surface area contributed by atoms with Gasteiger partial charge in [0, 0.05) is 18.0 Å². The van der Waals surface area contributed by atoms with Gasteiger partial charge in [-0.15, -0.1) is 0 Å². The largest absolute Gasteiger partial charge is 0.481 e. The van der Waals surface area contributed by atoms with Crippen molar-refractivity contribution in [2.24, 2.45) is 11.8 Å². The highest BCUT2D eigenvalue weighted by atomic mass is 16.5. The number of carboxylic acids is 1. The SMILES string of the molecule is Cc1noc(C)c1CNC(=O)C1CCC(C(=O)O)C1. The topological polar surface area (TPSA) is 92.4 Å². The van der Waals surface area contributed by atoms with Crippen molar-refractivity contribution in [1.29, 1.82) is 0 Å². The second-order valence-corrected chi connectivity index (χ2v) is 5.07. The van der Waals surface area contributed by atoms with Gasteiger partial charge in [0.25, 0.3) is 0 Å². The third-order valence-electron chi connectivity index (χ3n) is 3.77. The second-order valence-electron chi connectivity index (χ2n) is 5.07. The van der Waals surface area contributed by atoms with E-state index < -0.39 is 5.97 Å². The second kappa shape index (κ2) is 5.42. The van der Waals surface area contributed by atoms with E-state index in [2.05, 4.69) is 10.5 Å². The molecule has 1 heterocycles. The lowest BCUT2D eigenvalue weighted by Gasteiger charge is -2.10. The molecule has 2 atom stereocenters. The number of hydrogen-bond donors (Lipinski definition) is 2. The van der Waals surface area contributed by atoms with Crippen LogP contribution in [0.15, 0.2) is 4.52 Å². The maximum absolute atomic E-state index is 12.0. The fourth-order valence-electron chi connectivity index (χ4n) is 2.52. The van der Waals surface area contributed by atoms with Crippen LogP contribution in [0.1, 0.15) is 36.3 Å². The Balaban J connectivity index is 1.87. The first-order valence-electron chi connectivity index (χ1n) is 6.41. The fourth-order valence-corrected chi connectivity index (χ4v) is 2.52. The van der Waals surface area contributed by atoms with Crippen molar-refractivity contribution in [2.75, 3.05) is 0 Å². The number of carbonyl (C=O) groups is 2. The van der Waals surface area contributed by atoms with Gasteiger partial charge in [-0.1, -0.05) is 5.16 Å². The van der Waals surface area contributed by atoms with Gasteiger partial charge >= 0.3 is 5.97 Å². The Morgan fingerprint density at radius 1 is 1.37 bits per heavy atom. The van der Waals surface area contributed by atoms with Crippen LogP contribution < -0.4 is 5.32 Å². The normalized spacial score (nSPS) is 22.4. The van der Waals surface area contributed by atoms with Crippen LogP contribution in [0.25, 0.3) is 0 Å². The van der Waals surface area contributed by atoms with Crippen molar-refractivity contribution < 1.29 is 19.2 Å². The Morgan fingerprint density at radius 3 is 2.58 bits per heavy atom. The molecule has 0 aromatic carbocycles. The van der Waals surface area contributed by atoms with E-state index in [1.54, 1.807) is 6.92 Å². The zero-order valence-electron chi connectivity index (χ0n) is 11.1. The molecule has 0 bridgehead atoms. The van der Waals surface area contributed by atoms with Gasteiger partial charge < -0.3 is 14.9 Å². The number of amides is 1. The van der Waals surface area contributed by atoms with Crippen LogP contribution in [-0.4, -0.2) is 22.1 Å². The van der Waals surface area contributed by atoms with Crippen molar-refractivity contribution in [2.45, 2.75) is 39.7 Å².